The summed E-state index contributed by atoms with van der Waals surface area (Å²) in [6, 6.07) is 18.9. The maximum Gasteiger partial charge on any atom is 0.274 e. The van der Waals surface area contributed by atoms with Gasteiger partial charge in [0.15, 0.2) is 4.96 Å². The summed E-state index contributed by atoms with van der Waals surface area (Å²) >= 11 is 1.40. The van der Waals surface area contributed by atoms with Crippen molar-refractivity contribution in [1.82, 2.24) is 14.0 Å². The number of fused-ring (bicyclic) bond motifs is 4. The Labute approximate surface area is 192 Å². The fourth-order valence-electron chi connectivity index (χ4n) is 4.58. The van der Waals surface area contributed by atoms with Crippen LogP contribution in [0.25, 0.3) is 33.0 Å². The van der Waals surface area contributed by atoms with E-state index in [-0.39, 0.29) is 11.4 Å². The van der Waals surface area contributed by atoms with Crippen molar-refractivity contribution in [2.45, 2.75) is 20.4 Å². The van der Waals surface area contributed by atoms with E-state index in [2.05, 4.69) is 6.07 Å². The van der Waals surface area contributed by atoms with E-state index >= 15 is 0 Å². The third-order valence-electron chi connectivity index (χ3n) is 6.08. The maximum absolute atomic E-state index is 14.3. The Kier molecular flexibility index (Phi) is 4.45. The van der Waals surface area contributed by atoms with Gasteiger partial charge in [-0.15, -0.1) is 0 Å². The van der Waals surface area contributed by atoms with Crippen molar-refractivity contribution in [3.63, 3.8) is 0 Å². The van der Waals surface area contributed by atoms with E-state index < -0.39 is 0 Å². The molecule has 162 valence electrons. The van der Waals surface area contributed by atoms with Gasteiger partial charge < -0.3 is 4.57 Å². The number of hydrogen-bond acceptors (Lipinski definition) is 3. The maximum atomic E-state index is 14.3. The van der Waals surface area contributed by atoms with Crippen LogP contribution in [0.2, 0.25) is 0 Å². The van der Waals surface area contributed by atoms with Gasteiger partial charge in [0.1, 0.15) is 5.82 Å². The molecule has 0 saturated heterocycles. The number of benzene rings is 3. The van der Waals surface area contributed by atoms with Crippen molar-refractivity contribution in [3.05, 3.63) is 110 Å². The van der Waals surface area contributed by atoms with Gasteiger partial charge in [-0.1, -0.05) is 53.8 Å². The fraction of sp³-hybridized carbons (Fsp3) is 0.111. The number of halogens is 1. The SMILES string of the molecule is Cc1cc(C)c2nc3s/c(=C\c4cn(Cc5ccccc5F)c5ccccc45)c(=O)n3c2c1. The van der Waals surface area contributed by atoms with E-state index in [0.717, 1.165) is 38.6 Å². The molecule has 4 nitrogen and oxygen atoms in total. The van der Waals surface area contributed by atoms with Gasteiger partial charge in [0.05, 0.1) is 22.1 Å². The van der Waals surface area contributed by atoms with Crippen LogP contribution in [0.15, 0.2) is 71.7 Å². The lowest BCUT2D eigenvalue weighted by atomic mass is 10.1. The standard InChI is InChI=1S/C27H20FN3OS/c1-16-11-17(2)25-23(12-16)31-26(32)24(33-27(31)29-25)13-19-15-30(22-10-6-4-8-20(19)22)14-18-7-3-5-9-21(18)28/h3-13,15H,14H2,1-2H3/b24-13-. The minimum Gasteiger partial charge on any atom is -0.342 e. The molecule has 3 aromatic heterocycles. The van der Waals surface area contributed by atoms with Crippen LogP contribution < -0.4 is 10.1 Å². The molecule has 0 spiro atoms. The van der Waals surface area contributed by atoms with Crippen LogP contribution in [0.4, 0.5) is 4.39 Å². The van der Waals surface area contributed by atoms with Crippen LogP contribution >= 0.6 is 11.3 Å². The molecule has 0 saturated carbocycles. The van der Waals surface area contributed by atoms with Gasteiger partial charge in [0, 0.05) is 28.2 Å². The number of para-hydroxylation sites is 1. The van der Waals surface area contributed by atoms with Gasteiger partial charge in [0.25, 0.3) is 5.56 Å². The number of aromatic nitrogens is 3. The minimum absolute atomic E-state index is 0.0616. The highest BCUT2D eigenvalue weighted by Gasteiger charge is 2.14. The van der Waals surface area contributed by atoms with Crippen LogP contribution in [0.3, 0.4) is 0 Å². The lowest BCUT2D eigenvalue weighted by Crippen LogP contribution is -2.22. The lowest BCUT2D eigenvalue weighted by Gasteiger charge is -2.06. The molecule has 0 amide bonds. The van der Waals surface area contributed by atoms with E-state index in [1.165, 1.54) is 17.4 Å². The van der Waals surface area contributed by atoms with E-state index in [1.54, 1.807) is 16.5 Å². The van der Waals surface area contributed by atoms with Crippen molar-refractivity contribution < 1.29 is 4.39 Å². The molecule has 0 aliphatic rings. The molecule has 0 atom stereocenters. The van der Waals surface area contributed by atoms with E-state index in [9.17, 15) is 9.18 Å². The second kappa shape index (κ2) is 7.39. The second-order valence-corrected chi connectivity index (χ2v) is 9.43. The first-order valence-corrected chi connectivity index (χ1v) is 11.6. The lowest BCUT2D eigenvalue weighted by molar-refractivity contribution is 0.602. The first-order valence-electron chi connectivity index (χ1n) is 10.7. The van der Waals surface area contributed by atoms with Crippen LogP contribution in [0.1, 0.15) is 22.3 Å². The number of thiazole rings is 1. The third-order valence-corrected chi connectivity index (χ3v) is 7.05. The summed E-state index contributed by atoms with van der Waals surface area (Å²) in [5.41, 5.74) is 6.39. The normalized spacial score (nSPS) is 12.5. The Morgan fingerprint density at radius 2 is 1.82 bits per heavy atom. The molecule has 0 aliphatic carbocycles. The Bertz CT molecular complexity index is 1810. The molecule has 0 radical (unpaired) electrons. The van der Waals surface area contributed by atoms with Crippen LogP contribution in [0, 0.1) is 19.7 Å². The van der Waals surface area contributed by atoms with E-state index in [0.29, 0.717) is 21.6 Å². The molecule has 0 N–H and O–H groups in total. The fourth-order valence-corrected chi connectivity index (χ4v) is 5.55. The van der Waals surface area contributed by atoms with Crippen LogP contribution in [0.5, 0.6) is 0 Å². The quantitative estimate of drug-likeness (QED) is 0.369. The molecule has 3 aromatic carbocycles. The summed E-state index contributed by atoms with van der Waals surface area (Å²) in [5.74, 6) is -0.223. The molecule has 6 rings (SSSR count). The molecule has 0 aliphatic heterocycles. The average Bonchev–Trinajstić information content (AvgIpc) is 3.42. The minimum atomic E-state index is -0.223. The molecular formula is C27H20FN3OS. The highest BCUT2D eigenvalue weighted by Crippen LogP contribution is 2.25. The van der Waals surface area contributed by atoms with E-state index in [1.807, 2.05) is 67.1 Å². The van der Waals surface area contributed by atoms with Gasteiger partial charge >= 0.3 is 0 Å². The first-order chi connectivity index (χ1) is 16.0. The van der Waals surface area contributed by atoms with Gasteiger partial charge in [-0.3, -0.25) is 4.79 Å². The second-order valence-electron chi connectivity index (χ2n) is 8.42. The number of nitrogens with zero attached hydrogens (tertiary/aromatic N) is 3. The summed E-state index contributed by atoms with van der Waals surface area (Å²) in [7, 11) is 0. The molecule has 6 aromatic rings. The highest BCUT2D eigenvalue weighted by molar-refractivity contribution is 7.15. The molecule has 0 bridgehead atoms. The number of rotatable bonds is 3. The summed E-state index contributed by atoms with van der Waals surface area (Å²) in [5, 5.41) is 1.02. The molecular weight excluding hydrogens is 433 g/mol. The number of imidazole rings is 1. The molecule has 0 fully saturated rings. The van der Waals surface area contributed by atoms with E-state index in [4.69, 9.17) is 4.98 Å². The van der Waals surface area contributed by atoms with Crippen molar-refractivity contribution in [2.24, 2.45) is 0 Å². The van der Waals surface area contributed by atoms with Gasteiger partial charge in [-0.25, -0.2) is 13.8 Å². The highest BCUT2D eigenvalue weighted by atomic mass is 32.1. The van der Waals surface area contributed by atoms with Crippen molar-refractivity contribution in [1.29, 1.82) is 0 Å². The van der Waals surface area contributed by atoms with Gasteiger partial charge in [-0.2, -0.15) is 0 Å². The summed E-state index contributed by atoms with van der Waals surface area (Å²) in [6.07, 6.45) is 3.92. The predicted molar refractivity (Wildman–Crippen MR) is 133 cm³/mol. The molecule has 0 unspecified atom stereocenters. The Hall–Kier alpha value is -3.77. The molecule has 3 heterocycles. The first kappa shape index (κ1) is 19.9. The Morgan fingerprint density at radius 1 is 1.03 bits per heavy atom. The van der Waals surface area contributed by atoms with Crippen molar-refractivity contribution >= 4 is 44.3 Å². The smallest absolute Gasteiger partial charge is 0.274 e. The number of hydrogen-bond donors (Lipinski definition) is 0. The predicted octanol–water partition coefficient (Wildman–Crippen LogP) is 5.22. The van der Waals surface area contributed by atoms with Gasteiger partial charge in [0.2, 0.25) is 0 Å². The van der Waals surface area contributed by atoms with Crippen LogP contribution in [-0.4, -0.2) is 14.0 Å². The molecule has 33 heavy (non-hydrogen) atoms. The zero-order valence-electron chi connectivity index (χ0n) is 18.2. The largest absolute Gasteiger partial charge is 0.342 e. The summed E-state index contributed by atoms with van der Waals surface area (Å²) in [4.78, 5) is 18.8. The zero-order chi connectivity index (χ0) is 22.7. The summed E-state index contributed by atoms with van der Waals surface area (Å²) < 4.78 is 18.7. The average molecular weight is 454 g/mol. The monoisotopic (exact) mass is 453 g/mol. The molecule has 6 heteroatoms. The third kappa shape index (κ3) is 3.17. The summed E-state index contributed by atoms with van der Waals surface area (Å²) in [6.45, 7) is 4.47. The van der Waals surface area contributed by atoms with Crippen molar-refractivity contribution in [2.75, 3.05) is 0 Å². The Morgan fingerprint density at radius 3 is 2.67 bits per heavy atom. The topological polar surface area (TPSA) is 39.3 Å². The van der Waals surface area contributed by atoms with Gasteiger partial charge in [-0.05, 0) is 49.2 Å². The zero-order valence-corrected chi connectivity index (χ0v) is 19.0. The Balaban J connectivity index is 1.54. The number of aryl methyl sites for hydroxylation is 2. The van der Waals surface area contributed by atoms with Crippen LogP contribution in [-0.2, 0) is 6.54 Å². The van der Waals surface area contributed by atoms with Crippen molar-refractivity contribution in [3.8, 4) is 0 Å².